The van der Waals surface area contributed by atoms with Gasteiger partial charge in [-0.05, 0) is 27.7 Å². The molecule has 0 aromatic heterocycles. The fourth-order valence-corrected chi connectivity index (χ4v) is 0.528. The summed E-state index contributed by atoms with van der Waals surface area (Å²) in [5.74, 6) is 0. The molecular weight excluding hydrogens is 136 g/mol. The van der Waals surface area contributed by atoms with Gasteiger partial charge in [0.2, 0.25) is 0 Å². The van der Waals surface area contributed by atoms with Gasteiger partial charge in [0.05, 0.1) is 0 Å². The lowest BCUT2D eigenvalue weighted by Crippen LogP contribution is -2.07. The number of carbonyl (C=O) groups is 1. The third-order valence-electron chi connectivity index (χ3n) is 1.26. The highest BCUT2D eigenvalue weighted by Gasteiger charge is 2.09. The Morgan fingerprint density at radius 1 is 1.27 bits per heavy atom. The molecule has 1 heteroatoms. The van der Waals surface area contributed by atoms with Crippen LogP contribution >= 0.6 is 0 Å². The lowest BCUT2D eigenvalue weighted by atomic mass is 9.95. The van der Waals surface area contributed by atoms with Crippen molar-refractivity contribution < 1.29 is 4.79 Å². The molecule has 0 saturated carbocycles. The molecule has 0 aromatic carbocycles. The van der Waals surface area contributed by atoms with Crippen LogP contribution in [0, 0.1) is 5.41 Å². The molecular formula is C10H16O. The van der Waals surface area contributed by atoms with Crippen molar-refractivity contribution in [1.82, 2.24) is 0 Å². The number of rotatable bonds is 3. The van der Waals surface area contributed by atoms with Crippen LogP contribution in [0.25, 0.3) is 0 Å². The van der Waals surface area contributed by atoms with Gasteiger partial charge in [-0.2, -0.15) is 0 Å². The van der Waals surface area contributed by atoms with Gasteiger partial charge in [0.15, 0.2) is 0 Å². The molecule has 0 unspecified atom stereocenters. The Balaban J connectivity index is 4.13. The fourth-order valence-electron chi connectivity index (χ4n) is 0.528. The van der Waals surface area contributed by atoms with Gasteiger partial charge in [-0.15, -0.1) is 0 Å². The minimum Gasteiger partial charge on any atom is -0.302 e. The van der Waals surface area contributed by atoms with Gasteiger partial charge in [-0.3, -0.25) is 0 Å². The van der Waals surface area contributed by atoms with Crippen molar-refractivity contribution in [2.45, 2.75) is 27.7 Å². The second-order valence-electron chi connectivity index (χ2n) is 3.54. The van der Waals surface area contributed by atoms with E-state index >= 15 is 0 Å². The van der Waals surface area contributed by atoms with E-state index in [9.17, 15) is 4.79 Å². The summed E-state index contributed by atoms with van der Waals surface area (Å²) >= 11 is 0. The number of carbonyl (C=O) groups excluding carboxylic acids is 1. The third-order valence-corrected chi connectivity index (χ3v) is 1.26. The van der Waals surface area contributed by atoms with E-state index < -0.39 is 0 Å². The predicted octanol–water partition coefficient (Wildman–Crippen LogP) is 2.73. The van der Waals surface area contributed by atoms with E-state index in [1.807, 2.05) is 45.9 Å². The zero-order chi connectivity index (χ0) is 8.91. The van der Waals surface area contributed by atoms with Crippen molar-refractivity contribution >= 4 is 6.29 Å². The summed E-state index contributed by atoms with van der Waals surface area (Å²) in [5, 5.41) is 0. The van der Waals surface area contributed by atoms with Crippen LogP contribution in [0.2, 0.25) is 0 Å². The Hall–Kier alpha value is -0.850. The standard InChI is InChI=1S/C10H16O/c1-9(2)6-5-7-10(3,4)8-11/h5-8H,1-4H3/b7-5-. The van der Waals surface area contributed by atoms with Crippen LogP contribution in [0.3, 0.4) is 0 Å². The Bertz CT molecular complexity index is 181. The molecule has 62 valence electrons. The quantitative estimate of drug-likeness (QED) is 0.449. The van der Waals surface area contributed by atoms with Crippen molar-refractivity contribution in [1.29, 1.82) is 0 Å². The van der Waals surface area contributed by atoms with E-state index in [0.29, 0.717) is 0 Å². The molecule has 0 fully saturated rings. The number of hydrogen-bond donors (Lipinski definition) is 0. The van der Waals surface area contributed by atoms with E-state index in [1.54, 1.807) is 0 Å². The van der Waals surface area contributed by atoms with Crippen LogP contribution in [0.15, 0.2) is 23.8 Å². The molecule has 0 saturated heterocycles. The molecule has 0 atom stereocenters. The van der Waals surface area contributed by atoms with E-state index in [2.05, 4.69) is 0 Å². The molecule has 0 N–H and O–H groups in total. The van der Waals surface area contributed by atoms with E-state index in [4.69, 9.17) is 0 Å². The smallest absolute Gasteiger partial charge is 0.129 e. The molecule has 1 nitrogen and oxygen atoms in total. The zero-order valence-electron chi connectivity index (χ0n) is 7.72. The SMILES string of the molecule is CC(C)=C/C=C\C(C)(C)C=O. The van der Waals surface area contributed by atoms with Gasteiger partial charge in [-0.25, -0.2) is 0 Å². The zero-order valence-corrected chi connectivity index (χ0v) is 7.72. The summed E-state index contributed by atoms with van der Waals surface area (Å²) in [4.78, 5) is 10.4. The minimum atomic E-state index is -0.327. The highest BCUT2D eigenvalue weighted by Crippen LogP contribution is 2.12. The highest BCUT2D eigenvalue weighted by atomic mass is 16.1. The summed E-state index contributed by atoms with van der Waals surface area (Å²) in [6.45, 7) is 7.82. The largest absolute Gasteiger partial charge is 0.302 e. The van der Waals surface area contributed by atoms with Crippen LogP contribution in [0.4, 0.5) is 0 Å². The van der Waals surface area contributed by atoms with E-state index in [-0.39, 0.29) is 5.41 Å². The molecule has 0 aromatic rings. The number of allylic oxidation sites excluding steroid dienone is 4. The van der Waals surface area contributed by atoms with Gasteiger partial charge in [0.1, 0.15) is 6.29 Å². The summed E-state index contributed by atoms with van der Waals surface area (Å²) in [6, 6.07) is 0. The molecule has 11 heavy (non-hydrogen) atoms. The molecule has 0 aliphatic rings. The Labute approximate surface area is 68.8 Å². The minimum absolute atomic E-state index is 0.327. The number of aldehydes is 1. The van der Waals surface area contributed by atoms with E-state index in [1.165, 1.54) is 5.57 Å². The first-order valence-corrected chi connectivity index (χ1v) is 3.77. The molecule has 0 heterocycles. The molecule has 0 radical (unpaired) electrons. The van der Waals surface area contributed by atoms with Crippen LogP contribution in [-0.4, -0.2) is 6.29 Å². The monoisotopic (exact) mass is 152 g/mol. The highest BCUT2D eigenvalue weighted by molar-refractivity contribution is 5.61. The maximum atomic E-state index is 10.4. The van der Waals surface area contributed by atoms with E-state index in [0.717, 1.165) is 6.29 Å². The summed E-state index contributed by atoms with van der Waals surface area (Å²) in [7, 11) is 0. The number of hydrogen-bond acceptors (Lipinski definition) is 1. The third kappa shape index (κ3) is 5.59. The Morgan fingerprint density at radius 2 is 1.82 bits per heavy atom. The van der Waals surface area contributed by atoms with Crippen molar-refractivity contribution in [2.75, 3.05) is 0 Å². The molecule has 0 rings (SSSR count). The lowest BCUT2D eigenvalue weighted by molar-refractivity contribution is -0.112. The molecule has 0 amide bonds. The maximum absolute atomic E-state index is 10.4. The second-order valence-corrected chi connectivity index (χ2v) is 3.54. The summed E-state index contributed by atoms with van der Waals surface area (Å²) < 4.78 is 0. The van der Waals surface area contributed by atoms with Gasteiger partial charge >= 0.3 is 0 Å². The first kappa shape index (κ1) is 10.2. The topological polar surface area (TPSA) is 17.1 Å². The Kier molecular flexibility index (Phi) is 3.80. The van der Waals surface area contributed by atoms with Crippen molar-refractivity contribution in [3.63, 3.8) is 0 Å². The maximum Gasteiger partial charge on any atom is 0.129 e. The summed E-state index contributed by atoms with van der Waals surface area (Å²) in [6.07, 6.45) is 6.75. The van der Waals surface area contributed by atoms with Crippen LogP contribution in [-0.2, 0) is 4.79 Å². The Morgan fingerprint density at radius 3 is 2.18 bits per heavy atom. The molecule has 0 aliphatic carbocycles. The fraction of sp³-hybridized carbons (Fsp3) is 0.500. The summed E-state index contributed by atoms with van der Waals surface area (Å²) in [5.41, 5.74) is 0.911. The van der Waals surface area contributed by atoms with Crippen LogP contribution in [0.5, 0.6) is 0 Å². The van der Waals surface area contributed by atoms with Crippen molar-refractivity contribution in [3.05, 3.63) is 23.8 Å². The lowest BCUT2D eigenvalue weighted by Gasteiger charge is -2.08. The normalized spacial score (nSPS) is 11.6. The first-order valence-electron chi connectivity index (χ1n) is 3.77. The van der Waals surface area contributed by atoms with Gasteiger partial charge in [0.25, 0.3) is 0 Å². The average molecular weight is 152 g/mol. The molecule has 0 spiro atoms. The van der Waals surface area contributed by atoms with Crippen molar-refractivity contribution in [3.8, 4) is 0 Å². The second kappa shape index (κ2) is 4.12. The molecule has 0 aliphatic heterocycles. The average Bonchev–Trinajstić information content (AvgIpc) is 1.87. The van der Waals surface area contributed by atoms with Gasteiger partial charge < -0.3 is 4.79 Å². The van der Waals surface area contributed by atoms with Crippen LogP contribution in [0.1, 0.15) is 27.7 Å². The van der Waals surface area contributed by atoms with Gasteiger partial charge in [0, 0.05) is 5.41 Å². The molecule has 0 bridgehead atoms. The van der Waals surface area contributed by atoms with Gasteiger partial charge in [-0.1, -0.05) is 23.8 Å². The van der Waals surface area contributed by atoms with Crippen molar-refractivity contribution in [2.24, 2.45) is 5.41 Å². The predicted molar refractivity (Wildman–Crippen MR) is 48.4 cm³/mol. The first-order chi connectivity index (χ1) is 4.98. The van der Waals surface area contributed by atoms with Crippen LogP contribution < -0.4 is 0 Å².